The third-order valence-electron chi connectivity index (χ3n) is 4.47. The molecule has 142 valence electrons. The van der Waals surface area contributed by atoms with Crippen LogP contribution in [0.2, 0.25) is 0 Å². The smallest absolute Gasteiger partial charge is 0.339 e. The van der Waals surface area contributed by atoms with Gasteiger partial charge in [-0.2, -0.15) is 0 Å². The molecule has 0 saturated heterocycles. The van der Waals surface area contributed by atoms with Crippen molar-refractivity contribution in [2.24, 2.45) is 0 Å². The highest BCUT2D eigenvalue weighted by molar-refractivity contribution is 6.09. The number of fused-ring (bicyclic) bond motifs is 3. The highest BCUT2D eigenvalue weighted by atomic mass is 16.5. The third kappa shape index (κ3) is 2.84. The Bertz CT molecular complexity index is 1190. The molecule has 2 N–H and O–H groups in total. The first-order chi connectivity index (χ1) is 13.7. The molecule has 0 spiro atoms. The first-order valence-corrected chi connectivity index (χ1v) is 8.49. The van der Waals surface area contributed by atoms with Crippen molar-refractivity contribution in [1.29, 1.82) is 0 Å². The van der Waals surface area contributed by atoms with Gasteiger partial charge in [-0.3, -0.25) is 0 Å². The molecular weight excluding hydrogens is 360 g/mol. The van der Waals surface area contributed by atoms with E-state index in [1.807, 2.05) is 18.2 Å². The van der Waals surface area contributed by atoms with E-state index in [2.05, 4.69) is 20.3 Å². The zero-order valence-corrected chi connectivity index (χ0v) is 15.6. The van der Waals surface area contributed by atoms with Crippen molar-refractivity contribution in [3.8, 4) is 11.5 Å². The lowest BCUT2D eigenvalue weighted by molar-refractivity contribution is 0.0602. The molecule has 0 saturated carbocycles. The van der Waals surface area contributed by atoms with Crippen molar-refractivity contribution in [2.75, 3.05) is 26.6 Å². The van der Waals surface area contributed by atoms with Gasteiger partial charge in [0.15, 0.2) is 17.3 Å². The number of hydrogen-bond acceptors (Lipinski definition) is 7. The summed E-state index contributed by atoms with van der Waals surface area (Å²) in [5.74, 6) is 1.33. The molecule has 0 radical (unpaired) electrons. The maximum atomic E-state index is 12.0. The van der Waals surface area contributed by atoms with Gasteiger partial charge in [0.05, 0.1) is 38.1 Å². The number of nitrogens with zero attached hydrogens (tertiary/aromatic N) is 2. The summed E-state index contributed by atoms with van der Waals surface area (Å²) in [5.41, 5.74) is 3.26. The average Bonchev–Trinajstić information content (AvgIpc) is 3.11. The van der Waals surface area contributed by atoms with Crippen LogP contribution in [0.25, 0.3) is 21.9 Å². The van der Waals surface area contributed by atoms with Gasteiger partial charge in [0.2, 0.25) is 0 Å². The molecule has 2 aromatic carbocycles. The Hall–Kier alpha value is -3.81. The first-order valence-electron chi connectivity index (χ1n) is 8.49. The van der Waals surface area contributed by atoms with Crippen LogP contribution >= 0.6 is 0 Å². The summed E-state index contributed by atoms with van der Waals surface area (Å²) < 4.78 is 15.6. The van der Waals surface area contributed by atoms with Crippen molar-refractivity contribution in [1.82, 2.24) is 15.0 Å². The molecule has 0 amide bonds. The molecule has 0 aliphatic heterocycles. The van der Waals surface area contributed by atoms with Crippen LogP contribution in [0.4, 0.5) is 11.5 Å². The number of aromatic amines is 1. The predicted octanol–water partition coefficient (Wildman–Crippen LogP) is 3.66. The Morgan fingerprint density at radius 2 is 1.79 bits per heavy atom. The molecule has 28 heavy (non-hydrogen) atoms. The van der Waals surface area contributed by atoms with Crippen LogP contribution in [0, 0.1) is 0 Å². The molecular formula is C20H18N4O4. The van der Waals surface area contributed by atoms with E-state index in [9.17, 15) is 4.79 Å². The van der Waals surface area contributed by atoms with E-state index < -0.39 is 5.97 Å². The number of nitrogens with one attached hydrogen (secondary N) is 2. The largest absolute Gasteiger partial charge is 0.493 e. The van der Waals surface area contributed by atoms with Crippen LogP contribution in [0.15, 0.2) is 42.7 Å². The van der Waals surface area contributed by atoms with Gasteiger partial charge in [0, 0.05) is 11.5 Å². The number of carbonyl (C=O) groups excluding carboxylic acids is 1. The summed E-state index contributed by atoms with van der Waals surface area (Å²) in [6.07, 6.45) is 1.47. The highest BCUT2D eigenvalue weighted by Crippen LogP contribution is 2.36. The molecule has 2 heterocycles. The fraction of sp³-hybridized carbons (Fsp3) is 0.150. The summed E-state index contributed by atoms with van der Waals surface area (Å²) in [6.45, 7) is 0. The zero-order chi connectivity index (χ0) is 19.7. The Balaban J connectivity index is 1.86. The van der Waals surface area contributed by atoms with Crippen molar-refractivity contribution >= 4 is 39.4 Å². The Labute approximate surface area is 160 Å². The number of para-hydroxylation sites is 1. The van der Waals surface area contributed by atoms with Gasteiger partial charge in [-0.1, -0.05) is 12.1 Å². The number of anilines is 2. The summed E-state index contributed by atoms with van der Waals surface area (Å²) in [5, 5.41) is 4.08. The lowest BCUT2D eigenvalue weighted by Crippen LogP contribution is -2.06. The minimum Gasteiger partial charge on any atom is -0.493 e. The SMILES string of the molecule is COC(=O)c1ccccc1Nc1ncnc2c1[nH]c1cc(OC)c(OC)cc12. The molecule has 0 unspecified atom stereocenters. The monoisotopic (exact) mass is 378 g/mol. The maximum absolute atomic E-state index is 12.0. The van der Waals surface area contributed by atoms with Gasteiger partial charge >= 0.3 is 5.97 Å². The Morgan fingerprint density at radius 3 is 2.54 bits per heavy atom. The van der Waals surface area contributed by atoms with Crippen molar-refractivity contribution in [2.45, 2.75) is 0 Å². The van der Waals surface area contributed by atoms with Crippen LogP contribution in [-0.4, -0.2) is 42.3 Å². The van der Waals surface area contributed by atoms with Gasteiger partial charge in [0.1, 0.15) is 17.4 Å². The molecule has 4 aromatic rings. The van der Waals surface area contributed by atoms with Crippen molar-refractivity contribution in [3.05, 3.63) is 48.3 Å². The average molecular weight is 378 g/mol. The number of hydrogen-bond donors (Lipinski definition) is 2. The van der Waals surface area contributed by atoms with Crippen LogP contribution in [0.1, 0.15) is 10.4 Å². The second kappa shape index (κ2) is 7.07. The summed E-state index contributed by atoms with van der Waals surface area (Å²) in [4.78, 5) is 24.1. The lowest BCUT2D eigenvalue weighted by atomic mass is 10.1. The minimum atomic E-state index is -0.431. The zero-order valence-electron chi connectivity index (χ0n) is 15.6. The second-order valence-corrected chi connectivity index (χ2v) is 5.99. The lowest BCUT2D eigenvalue weighted by Gasteiger charge is -2.10. The van der Waals surface area contributed by atoms with Crippen LogP contribution in [-0.2, 0) is 4.74 Å². The van der Waals surface area contributed by atoms with Gasteiger partial charge in [-0.15, -0.1) is 0 Å². The fourth-order valence-electron chi connectivity index (χ4n) is 3.12. The number of carbonyl (C=O) groups is 1. The first kappa shape index (κ1) is 17.6. The molecule has 8 nitrogen and oxygen atoms in total. The van der Waals surface area contributed by atoms with Crippen LogP contribution in [0.5, 0.6) is 11.5 Å². The molecule has 0 bridgehead atoms. The molecule has 0 atom stereocenters. The minimum absolute atomic E-state index is 0.413. The number of methoxy groups -OCH3 is 3. The number of benzene rings is 2. The Kier molecular flexibility index (Phi) is 4.44. The molecule has 0 fully saturated rings. The van der Waals surface area contributed by atoms with E-state index in [1.165, 1.54) is 13.4 Å². The van der Waals surface area contributed by atoms with E-state index in [0.29, 0.717) is 34.1 Å². The predicted molar refractivity (Wildman–Crippen MR) is 106 cm³/mol. The van der Waals surface area contributed by atoms with E-state index in [-0.39, 0.29) is 0 Å². The normalized spacial score (nSPS) is 10.8. The fourth-order valence-corrected chi connectivity index (χ4v) is 3.12. The number of ether oxygens (including phenoxy) is 3. The van der Waals surface area contributed by atoms with Gasteiger partial charge < -0.3 is 24.5 Å². The molecule has 2 aromatic heterocycles. The van der Waals surface area contributed by atoms with Gasteiger partial charge in [0.25, 0.3) is 0 Å². The van der Waals surface area contributed by atoms with Crippen molar-refractivity contribution in [3.63, 3.8) is 0 Å². The van der Waals surface area contributed by atoms with Crippen LogP contribution in [0.3, 0.4) is 0 Å². The summed E-state index contributed by atoms with van der Waals surface area (Å²) in [7, 11) is 4.52. The molecule has 0 aliphatic rings. The van der Waals surface area contributed by atoms with Crippen LogP contribution < -0.4 is 14.8 Å². The topological polar surface area (TPSA) is 98.4 Å². The number of aromatic nitrogens is 3. The number of rotatable bonds is 5. The van der Waals surface area contributed by atoms with E-state index >= 15 is 0 Å². The number of H-pyrrole nitrogens is 1. The van der Waals surface area contributed by atoms with E-state index in [1.54, 1.807) is 32.4 Å². The number of esters is 1. The second-order valence-electron chi connectivity index (χ2n) is 5.99. The highest BCUT2D eigenvalue weighted by Gasteiger charge is 2.17. The summed E-state index contributed by atoms with van der Waals surface area (Å²) in [6, 6.07) is 10.8. The van der Waals surface area contributed by atoms with Gasteiger partial charge in [-0.25, -0.2) is 14.8 Å². The summed E-state index contributed by atoms with van der Waals surface area (Å²) >= 11 is 0. The van der Waals surface area contributed by atoms with E-state index in [4.69, 9.17) is 14.2 Å². The quantitative estimate of drug-likeness (QED) is 0.511. The van der Waals surface area contributed by atoms with E-state index in [0.717, 1.165) is 16.4 Å². The molecule has 8 heteroatoms. The van der Waals surface area contributed by atoms with Gasteiger partial charge in [-0.05, 0) is 18.2 Å². The Morgan fingerprint density at radius 1 is 1.04 bits per heavy atom. The molecule has 4 rings (SSSR count). The van der Waals surface area contributed by atoms with Crippen molar-refractivity contribution < 1.29 is 19.0 Å². The maximum Gasteiger partial charge on any atom is 0.339 e. The molecule has 0 aliphatic carbocycles. The third-order valence-corrected chi connectivity index (χ3v) is 4.47. The standard InChI is InChI=1S/C20H18N4O4/c1-26-15-8-12-14(9-16(15)27-2)23-18-17(12)21-10-22-19(18)24-13-7-5-4-6-11(13)20(25)28-3/h4-10,23H,1-3H3,(H,21,22,24).